The van der Waals surface area contributed by atoms with E-state index >= 15 is 0 Å². The van der Waals surface area contributed by atoms with Crippen LogP contribution < -0.4 is 0 Å². The minimum Gasteiger partial charge on any atom is -0.475 e. The van der Waals surface area contributed by atoms with Crippen molar-refractivity contribution in [2.45, 2.75) is 52.0 Å². The predicted molar refractivity (Wildman–Crippen MR) is 74.3 cm³/mol. The highest BCUT2D eigenvalue weighted by atomic mass is 16.6. The van der Waals surface area contributed by atoms with Crippen LogP contribution in [0.2, 0.25) is 0 Å². The van der Waals surface area contributed by atoms with E-state index in [1.807, 2.05) is 0 Å². The summed E-state index contributed by atoms with van der Waals surface area (Å²) in [5.41, 5.74) is -1.24. The second kappa shape index (κ2) is 5.28. The Balaban J connectivity index is 2.29. The van der Waals surface area contributed by atoms with Gasteiger partial charge in [0.25, 0.3) is 0 Å². The average molecular weight is 312 g/mol. The first-order valence-corrected chi connectivity index (χ1v) is 6.87. The third-order valence-corrected chi connectivity index (χ3v) is 3.16. The van der Waals surface area contributed by atoms with Crippen molar-refractivity contribution in [3.8, 4) is 0 Å². The van der Waals surface area contributed by atoms with Gasteiger partial charge >= 0.3 is 12.1 Å². The van der Waals surface area contributed by atoms with Crippen LogP contribution in [0, 0.1) is 0 Å². The molecule has 1 aliphatic heterocycles. The lowest BCUT2D eigenvalue weighted by Crippen LogP contribution is -2.47. The van der Waals surface area contributed by atoms with Crippen LogP contribution in [0.3, 0.4) is 0 Å². The number of ether oxygens (including phenoxy) is 2. The molecule has 2 heterocycles. The average Bonchev–Trinajstić information content (AvgIpc) is 2.90. The van der Waals surface area contributed by atoms with E-state index in [2.05, 4.69) is 5.16 Å². The Labute approximate surface area is 128 Å². The molecule has 0 saturated carbocycles. The number of hydrogen-bond acceptors (Lipinski definition) is 6. The SMILES string of the molecule is CC(C)(C)OC(=O)N1[C@H](c2cc(C(=O)O)on2)COC1(C)C. The van der Waals surface area contributed by atoms with Crippen LogP contribution in [-0.2, 0) is 9.47 Å². The van der Waals surface area contributed by atoms with Crippen molar-refractivity contribution in [3.63, 3.8) is 0 Å². The fraction of sp³-hybridized carbons (Fsp3) is 0.643. The van der Waals surface area contributed by atoms with E-state index in [0.29, 0.717) is 5.69 Å². The van der Waals surface area contributed by atoms with Gasteiger partial charge in [-0.25, -0.2) is 9.59 Å². The standard InChI is InChI=1S/C14H20N2O6/c1-13(2,3)21-12(19)16-9(7-20-14(16,4)5)8-6-10(11(17)18)22-15-8/h6,9H,7H2,1-5H3,(H,17,18)/t9-/m0/s1. The Morgan fingerprint density at radius 2 is 2.09 bits per heavy atom. The van der Waals surface area contributed by atoms with Crippen LogP contribution in [-0.4, -0.2) is 45.2 Å². The van der Waals surface area contributed by atoms with Gasteiger partial charge in [0.05, 0.1) is 6.61 Å². The largest absolute Gasteiger partial charge is 0.475 e. The fourth-order valence-electron chi connectivity index (χ4n) is 2.22. The monoisotopic (exact) mass is 312 g/mol. The quantitative estimate of drug-likeness (QED) is 0.894. The van der Waals surface area contributed by atoms with Gasteiger partial charge in [-0.2, -0.15) is 0 Å². The van der Waals surface area contributed by atoms with E-state index in [9.17, 15) is 9.59 Å². The molecule has 2 rings (SSSR count). The van der Waals surface area contributed by atoms with Gasteiger partial charge in [-0.1, -0.05) is 5.16 Å². The van der Waals surface area contributed by atoms with Gasteiger partial charge in [-0.05, 0) is 34.6 Å². The minimum atomic E-state index is -1.22. The maximum atomic E-state index is 12.4. The van der Waals surface area contributed by atoms with E-state index in [-0.39, 0.29) is 12.4 Å². The summed E-state index contributed by atoms with van der Waals surface area (Å²) >= 11 is 0. The fourth-order valence-corrected chi connectivity index (χ4v) is 2.22. The Bertz CT molecular complexity index is 586. The van der Waals surface area contributed by atoms with Crippen LogP contribution in [0.1, 0.15) is 56.9 Å². The van der Waals surface area contributed by atoms with Crippen molar-refractivity contribution < 1.29 is 28.7 Å². The molecule has 1 fully saturated rings. The number of aromatic nitrogens is 1. The molecular formula is C14H20N2O6. The van der Waals surface area contributed by atoms with E-state index < -0.39 is 29.4 Å². The first-order chi connectivity index (χ1) is 10.0. The zero-order valence-electron chi connectivity index (χ0n) is 13.2. The Kier molecular flexibility index (Phi) is 3.90. The molecule has 0 unspecified atom stereocenters. The highest BCUT2D eigenvalue weighted by Crippen LogP contribution is 2.37. The molecule has 1 aromatic rings. The number of nitrogens with zero attached hydrogens (tertiary/aromatic N) is 2. The molecular weight excluding hydrogens is 292 g/mol. The van der Waals surface area contributed by atoms with Crippen LogP contribution >= 0.6 is 0 Å². The maximum absolute atomic E-state index is 12.4. The second-order valence-corrected chi connectivity index (χ2v) is 6.55. The third-order valence-electron chi connectivity index (χ3n) is 3.16. The smallest absolute Gasteiger partial charge is 0.413 e. The number of rotatable bonds is 2. The van der Waals surface area contributed by atoms with E-state index in [0.717, 1.165) is 0 Å². The van der Waals surface area contributed by atoms with E-state index in [1.54, 1.807) is 34.6 Å². The summed E-state index contributed by atoms with van der Waals surface area (Å²) < 4.78 is 15.8. The minimum absolute atomic E-state index is 0.178. The second-order valence-electron chi connectivity index (χ2n) is 6.55. The summed E-state index contributed by atoms with van der Waals surface area (Å²) in [6.45, 7) is 8.94. The topological polar surface area (TPSA) is 102 Å². The lowest BCUT2D eigenvalue weighted by atomic mass is 10.1. The molecule has 1 N–H and O–H groups in total. The molecule has 0 aliphatic carbocycles. The lowest BCUT2D eigenvalue weighted by Gasteiger charge is -2.34. The van der Waals surface area contributed by atoms with Gasteiger partial charge in [0.2, 0.25) is 5.76 Å². The summed E-state index contributed by atoms with van der Waals surface area (Å²) in [6, 6.07) is 0.719. The van der Waals surface area contributed by atoms with Crippen LogP contribution in [0.5, 0.6) is 0 Å². The summed E-state index contributed by atoms with van der Waals surface area (Å²) in [5, 5.41) is 12.6. The molecule has 1 amide bonds. The van der Waals surface area contributed by atoms with Gasteiger partial charge < -0.3 is 19.1 Å². The molecule has 8 heteroatoms. The molecule has 8 nitrogen and oxygen atoms in total. The lowest BCUT2D eigenvalue weighted by molar-refractivity contribution is -0.0628. The first-order valence-electron chi connectivity index (χ1n) is 6.87. The van der Waals surface area contributed by atoms with Crippen molar-refractivity contribution in [3.05, 3.63) is 17.5 Å². The van der Waals surface area contributed by atoms with Crippen molar-refractivity contribution in [2.75, 3.05) is 6.61 Å². The molecule has 1 atom stereocenters. The van der Waals surface area contributed by atoms with Crippen molar-refractivity contribution in [1.82, 2.24) is 10.1 Å². The summed E-state index contributed by atoms with van der Waals surface area (Å²) in [6.07, 6.45) is -0.556. The van der Waals surface area contributed by atoms with Gasteiger partial charge in [0, 0.05) is 6.07 Å². The highest BCUT2D eigenvalue weighted by molar-refractivity contribution is 5.84. The molecule has 122 valence electrons. The first kappa shape index (κ1) is 16.3. The van der Waals surface area contributed by atoms with Gasteiger partial charge in [-0.3, -0.25) is 4.90 Å². The molecule has 1 aromatic heterocycles. The number of carboxylic acid groups (broad SMARTS) is 1. The number of carbonyl (C=O) groups is 2. The highest BCUT2D eigenvalue weighted by Gasteiger charge is 2.47. The molecule has 0 radical (unpaired) electrons. The molecule has 0 spiro atoms. The third kappa shape index (κ3) is 3.22. The zero-order chi connectivity index (χ0) is 16.7. The predicted octanol–water partition coefficient (Wildman–Crippen LogP) is 2.42. The van der Waals surface area contributed by atoms with E-state index in [4.69, 9.17) is 19.1 Å². The van der Waals surface area contributed by atoms with Crippen LogP contribution in [0.4, 0.5) is 4.79 Å². The van der Waals surface area contributed by atoms with E-state index in [1.165, 1.54) is 11.0 Å². The molecule has 0 bridgehead atoms. The molecule has 22 heavy (non-hydrogen) atoms. The van der Waals surface area contributed by atoms with Crippen molar-refractivity contribution >= 4 is 12.1 Å². The number of carboxylic acids is 1. The molecule has 1 saturated heterocycles. The van der Waals surface area contributed by atoms with Gasteiger partial charge in [0.15, 0.2) is 0 Å². The maximum Gasteiger partial charge on any atom is 0.413 e. The van der Waals surface area contributed by atoms with Crippen molar-refractivity contribution in [1.29, 1.82) is 0 Å². The number of aromatic carboxylic acids is 1. The van der Waals surface area contributed by atoms with Gasteiger partial charge in [-0.15, -0.1) is 0 Å². The zero-order valence-corrected chi connectivity index (χ0v) is 13.2. The van der Waals surface area contributed by atoms with Crippen LogP contribution in [0.25, 0.3) is 0 Å². The summed E-state index contributed by atoms with van der Waals surface area (Å²) in [5.74, 6) is -1.51. The molecule has 1 aliphatic rings. The number of carbonyl (C=O) groups excluding carboxylic acids is 1. The van der Waals surface area contributed by atoms with Gasteiger partial charge in [0.1, 0.15) is 23.1 Å². The Morgan fingerprint density at radius 3 is 2.59 bits per heavy atom. The summed E-state index contributed by atoms with van der Waals surface area (Å²) in [4.78, 5) is 24.7. The number of amides is 1. The Morgan fingerprint density at radius 1 is 1.45 bits per heavy atom. The number of hydrogen-bond donors (Lipinski definition) is 1. The summed E-state index contributed by atoms with van der Waals surface area (Å²) in [7, 11) is 0. The normalized spacial score (nSPS) is 21.0. The van der Waals surface area contributed by atoms with Crippen molar-refractivity contribution in [2.24, 2.45) is 0 Å². The Hall–Kier alpha value is -2.09. The molecule has 0 aromatic carbocycles. The van der Waals surface area contributed by atoms with Crippen LogP contribution in [0.15, 0.2) is 10.6 Å².